The molecular formula is C23H24ClN3O7. The number of hydrazine groups is 1. The molecule has 0 saturated carbocycles. The van der Waals surface area contributed by atoms with E-state index in [9.17, 15) is 19.2 Å². The smallest absolute Gasteiger partial charge is 0.311 e. The van der Waals surface area contributed by atoms with Gasteiger partial charge in [0.1, 0.15) is 11.5 Å². The summed E-state index contributed by atoms with van der Waals surface area (Å²) < 4.78 is 15.3. The molecule has 1 aliphatic heterocycles. The number of halogens is 1. The van der Waals surface area contributed by atoms with Crippen molar-refractivity contribution in [3.8, 4) is 11.5 Å². The Balaban J connectivity index is 1.52. The summed E-state index contributed by atoms with van der Waals surface area (Å²) in [5.74, 6) is -2.30. The van der Waals surface area contributed by atoms with Crippen LogP contribution in [0.4, 0.5) is 5.69 Å². The average Bonchev–Trinajstić information content (AvgIpc) is 3.19. The molecule has 1 atom stereocenters. The third-order valence-corrected chi connectivity index (χ3v) is 5.52. The van der Waals surface area contributed by atoms with Crippen molar-refractivity contribution in [2.75, 3.05) is 32.7 Å². The van der Waals surface area contributed by atoms with Gasteiger partial charge in [-0.15, -0.1) is 0 Å². The Morgan fingerprint density at radius 1 is 1.09 bits per heavy atom. The first-order valence-electron chi connectivity index (χ1n) is 10.3. The summed E-state index contributed by atoms with van der Waals surface area (Å²) in [7, 11) is 2.90. The van der Waals surface area contributed by atoms with Crippen LogP contribution in [0.15, 0.2) is 36.4 Å². The summed E-state index contributed by atoms with van der Waals surface area (Å²) >= 11 is 6.03. The molecule has 2 aromatic rings. The van der Waals surface area contributed by atoms with Gasteiger partial charge in [0, 0.05) is 28.8 Å². The third kappa shape index (κ3) is 6.16. The number of benzene rings is 2. The van der Waals surface area contributed by atoms with Gasteiger partial charge in [-0.2, -0.15) is 0 Å². The van der Waals surface area contributed by atoms with Crippen LogP contribution in [0.5, 0.6) is 11.5 Å². The summed E-state index contributed by atoms with van der Waals surface area (Å²) in [4.78, 5) is 49.3. The molecule has 1 fully saturated rings. The fourth-order valence-corrected chi connectivity index (χ4v) is 3.40. The molecule has 0 bridgehead atoms. The van der Waals surface area contributed by atoms with Gasteiger partial charge in [-0.3, -0.25) is 29.6 Å². The van der Waals surface area contributed by atoms with Crippen molar-refractivity contribution < 1.29 is 33.4 Å². The van der Waals surface area contributed by atoms with E-state index in [2.05, 4.69) is 10.7 Å². The van der Waals surface area contributed by atoms with Gasteiger partial charge < -0.3 is 19.5 Å². The number of carbonyl (C=O) groups excluding carboxylic acids is 4. The Labute approximate surface area is 201 Å². The monoisotopic (exact) mass is 489 g/mol. The third-order valence-electron chi connectivity index (χ3n) is 5.11. The molecule has 34 heavy (non-hydrogen) atoms. The quantitative estimate of drug-likeness (QED) is 0.545. The Morgan fingerprint density at radius 3 is 2.38 bits per heavy atom. The number of aryl methyl sites for hydroxylation is 1. The van der Waals surface area contributed by atoms with Gasteiger partial charge in [0.15, 0.2) is 6.61 Å². The Bertz CT molecular complexity index is 1100. The predicted octanol–water partition coefficient (Wildman–Crippen LogP) is 2.34. The summed E-state index contributed by atoms with van der Waals surface area (Å²) in [6.07, 6.45) is -0.157. The second-order valence-electron chi connectivity index (χ2n) is 7.57. The van der Waals surface area contributed by atoms with Gasteiger partial charge in [0.2, 0.25) is 5.91 Å². The number of nitrogens with one attached hydrogen (secondary N) is 2. The molecule has 1 heterocycles. The molecule has 0 aliphatic carbocycles. The molecule has 180 valence electrons. The van der Waals surface area contributed by atoms with E-state index >= 15 is 0 Å². The number of hydrogen-bond donors (Lipinski definition) is 2. The summed E-state index contributed by atoms with van der Waals surface area (Å²) in [6.45, 7) is 1.22. The first-order valence-corrected chi connectivity index (χ1v) is 10.6. The number of rotatable bonds is 8. The number of anilines is 1. The lowest BCUT2D eigenvalue weighted by molar-refractivity contribution is -0.151. The number of ether oxygens (including phenoxy) is 3. The average molecular weight is 490 g/mol. The highest BCUT2D eigenvalue weighted by atomic mass is 35.5. The second-order valence-corrected chi connectivity index (χ2v) is 7.97. The van der Waals surface area contributed by atoms with Crippen molar-refractivity contribution in [2.45, 2.75) is 13.3 Å². The molecule has 10 nitrogen and oxygen atoms in total. The lowest BCUT2D eigenvalue weighted by Gasteiger charge is -2.18. The Kier molecular flexibility index (Phi) is 7.95. The first-order chi connectivity index (χ1) is 16.2. The van der Waals surface area contributed by atoms with Crippen molar-refractivity contribution in [1.82, 2.24) is 10.4 Å². The number of amides is 3. The van der Waals surface area contributed by atoms with Gasteiger partial charge in [-0.05, 0) is 36.8 Å². The Hall–Kier alpha value is -3.79. The maximum atomic E-state index is 12.6. The van der Waals surface area contributed by atoms with Gasteiger partial charge in [0.25, 0.3) is 11.8 Å². The molecule has 1 saturated heterocycles. The van der Waals surface area contributed by atoms with Gasteiger partial charge in [0.05, 0.1) is 26.7 Å². The number of esters is 1. The second kappa shape index (κ2) is 10.9. The molecule has 1 unspecified atom stereocenters. The van der Waals surface area contributed by atoms with Crippen molar-refractivity contribution in [3.63, 3.8) is 0 Å². The van der Waals surface area contributed by atoms with Crippen molar-refractivity contribution >= 4 is 41.0 Å². The zero-order valence-electron chi connectivity index (χ0n) is 18.8. The van der Waals surface area contributed by atoms with Crippen LogP contribution in [0.3, 0.4) is 0 Å². The molecule has 2 aromatic carbocycles. The number of nitrogens with zero attached hydrogens (tertiary/aromatic N) is 1. The molecule has 0 spiro atoms. The predicted molar refractivity (Wildman–Crippen MR) is 123 cm³/mol. The maximum absolute atomic E-state index is 12.6. The van der Waals surface area contributed by atoms with E-state index < -0.39 is 36.2 Å². The van der Waals surface area contributed by atoms with Crippen molar-refractivity contribution in [1.29, 1.82) is 0 Å². The van der Waals surface area contributed by atoms with Gasteiger partial charge >= 0.3 is 5.97 Å². The largest absolute Gasteiger partial charge is 0.497 e. The summed E-state index contributed by atoms with van der Waals surface area (Å²) in [5, 5.41) is 4.13. The topological polar surface area (TPSA) is 123 Å². The van der Waals surface area contributed by atoms with Crippen molar-refractivity contribution in [2.24, 2.45) is 5.92 Å². The van der Waals surface area contributed by atoms with E-state index in [0.29, 0.717) is 22.2 Å². The molecule has 11 heteroatoms. The number of carbonyl (C=O) groups is 4. The standard InChI is InChI=1S/C23H24ClN3O7/c1-13-4-5-16(9-19(13)24)25-20(28)12-34-23(31)15-8-21(29)27(11-15)26-22(30)14-6-17(32-2)10-18(7-14)33-3/h4-7,9-10,15H,8,11-12H2,1-3H3,(H,25,28)(H,26,30). The van der Waals surface area contributed by atoms with E-state index in [-0.39, 0.29) is 18.5 Å². The van der Waals surface area contributed by atoms with E-state index in [1.807, 2.05) is 6.92 Å². The normalized spacial score (nSPS) is 15.0. The van der Waals surface area contributed by atoms with E-state index in [1.165, 1.54) is 26.4 Å². The van der Waals surface area contributed by atoms with Crippen LogP contribution >= 0.6 is 11.6 Å². The summed E-state index contributed by atoms with van der Waals surface area (Å²) in [6, 6.07) is 9.60. The lowest BCUT2D eigenvalue weighted by atomic mass is 10.1. The highest BCUT2D eigenvalue weighted by Crippen LogP contribution is 2.24. The van der Waals surface area contributed by atoms with Crippen molar-refractivity contribution in [3.05, 3.63) is 52.5 Å². The van der Waals surface area contributed by atoms with Gasteiger partial charge in [-0.1, -0.05) is 17.7 Å². The van der Waals surface area contributed by atoms with Crippen LogP contribution in [-0.2, 0) is 19.1 Å². The van der Waals surface area contributed by atoms with Crippen LogP contribution < -0.4 is 20.2 Å². The van der Waals surface area contributed by atoms with E-state index in [0.717, 1.165) is 10.6 Å². The van der Waals surface area contributed by atoms with Crippen LogP contribution in [0.1, 0.15) is 22.3 Å². The number of methoxy groups -OCH3 is 2. The zero-order chi connectivity index (χ0) is 24.8. The fourth-order valence-electron chi connectivity index (χ4n) is 3.22. The molecule has 3 amide bonds. The Morgan fingerprint density at radius 2 is 1.76 bits per heavy atom. The van der Waals surface area contributed by atoms with E-state index in [1.54, 1.807) is 24.3 Å². The van der Waals surface area contributed by atoms with Gasteiger partial charge in [-0.25, -0.2) is 0 Å². The molecule has 3 rings (SSSR count). The molecule has 2 N–H and O–H groups in total. The zero-order valence-corrected chi connectivity index (χ0v) is 19.6. The fraction of sp³-hybridized carbons (Fsp3) is 0.304. The van der Waals surface area contributed by atoms with E-state index in [4.69, 9.17) is 25.8 Å². The maximum Gasteiger partial charge on any atom is 0.311 e. The lowest BCUT2D eigenvalue weighted by Crippen LogP contribution is -2.43. The number of hydrogen-bond acceptors (Lipinski definition) is 7. The highest BCUT2D eigenvalue weighted by molar-refractivity contribution is 6.31. The molecular weight excluding hydrogens is 466 g/mol. The molecule has 0 radical (unpaired) electrons. The minimum atomic E-state index is -0.825. The first kappa shape index (κ1) is 24.8. The SMILES string of the molecule is COc1cc(OC)cc(C(=O)NN2CC(C(=O)OCC(=O)Nc3ccc(C)c(Cl)c3)CC2=O)c1. The summed E-state index contributed by atoms with van der Waals surface area (Å²) in [5.41, 5.74) is 4.01. The van der Waals surface area contributed by atoms with Crippen LogP contribution in [0, 0.1) is 12.8 Å². The minimum Gasteiger partial charge on any atom is -0.497 e. The van der Waals surface area contributed by atoms with Crippen LogP contribution in [0.2, 0.25) is 5.02 Å². The highest BCUT2D eigenvalue weighted by Gasteiger charge is 2.36. The molecule has 1 aliphatic rings. The van der Waals surface area contributed by atoms with Crippen LogP contribution in [0.25, 0.3) is 0 Å². The van der Waals surface area contributed by atoms with Crippen LogP contribution in [-0.4, -0.2) is 56.1 Å². The minimum absolute atomic E-state index is 0.0836. The molecule has 0 aromatic heterocycles.